The second-order valence-corrected chi connectivity index (χ2v) is 16.6. The topological polar surface area (TPSA) is 0 Å². The number of thiophene rings is 1. The molecule has 0 aliphatic heterocycles. The summed E-state index contributed by atoms with van der Waals surface area (Å²) in [5, 5.41) is 2.63. The van der Waals surface area contributed by atoms with Crippen molar-refractivity contribution in [2.24, 2.45) is 0 Å². The Bertz CT molecular complexity index is 2870. The van der Waals surface area contributed by atoms with Crippen LogP contribution in [0.2, 0.25) is 0 Å². The van der Waals surface area contributed by atoms with E-state index in [4.69, 9.17) is 0 Å². The minimum Gasteiger partial charge on any atom is -0.135 e. The first-order valence-electron chi connectivity index (χ1n) is 19.8. The van der Waals surface area contributed by atoms with Crippen molar-refractivity contribution >= 4 is 37.1 Å². The molecule has 1 aromatic heterocycles. The number of allylic oxidation sites excluding steroid dienone is 5. The Morgan fingerprint density at radius 3 is 2.04 bits per heavy atom. The number of hydrogen-bond acceptors (Lipinski definition) is 1. The van der Waals surface area contributed by atoms with Crippen LogP contribution in [0.15, 0.2) is 170 Å². The first-order chi connectivity index (χ1) is 27.3. The van der Waals surface area contributed by atoms with Crippen molar-refractivity contribution in [2.45, 2.75) is 46.5 Å². The number of benzene rings is 7. The van der Waals surface area contributed by atoms with Crippen LogP contribution in [0.1, 0.15) is 55.5 Å². The van der Waals surface area contributed by atoms with Gasteiger partial charge in [0.1, 0.15) is 0 Å². The molecule has 0 spiro atoms. The molecule has 9 rings (SSSR count). The van der Waals surface area contributed by atoms with Crippen LogP contribution in [-0.4, -0.2) is 0 Å². The summed E-state index contributed by atoms with van der Waals surface area (Å²) in [7, 11) is 0. The van der Waals surface area contributed by atoms with Crippen molar-refractivity contribution in [3.8, 4) is 55.6 Å². The number of aryl methyl sites for hydroxylation is 1. The highest BCUT2D eigenvalue weighted by atomic mass is 32.1. The largest absolute Gasteiger partial charge is 0.135 e. The van der Waals surface area contributed by atoms with E-state index in [2.05, 4.69) is 199 Å². The fourth-order valence-corrected chi connectivity index (χ4v) is 10.3. The van der Waals surface area contributed by atoms with Gasteiger partial charge in [-0.2, -0.15) is 0 Å². The maximum atomic E-state index is 3.96. The van der Waals surface area contributed by atoms with Gasteiger partial charge in [0.15, 0.2) is 0 Å². The van der Waals surface area contributed by atoms with E-state index >= 15 is 0 Å². The minimum absolute atomic E-state index is 0.0416. The monoisotopic (exact) mass is 738 g/mol. The van der Waals surface area contributed by atoms with Crippen molar-refractivity contribution in [3.05, 3.63) is 198 Å². The summed E-state index contributed by atoms with van der Waals surface area (Å²) in [5.41, 5.74) is 20.7. The third-order valence-corrected chi connectivity index (χ3v) is 13.2. The zero-order valence-corrected chi connectivity index (χ0v) is 33.7. The molecule has 0 radical (unpaired) electrons. The highest BCUT2D eigenvalue weighted by molar-refractivity contribution is 7.26. The average Bonchev–Trinajstić information content (AvgIpc) is 3.71. The summed E-state index contributed by atoms with van der Waals surface area (Å²) in [6.07, 6.45) is 9.12. The number of hydrogen-bond donors (Lipinski definition) is 0. The SMILES string of the molecule is C=C/C=C(\C=C/C)c1ccc(-c2cc3c(sc4ccc(-c5ccc6c(c5)C(C)(C)c5ccccc5-6)cc43)c(-c3ccc(-c4ccccc4)cc3CC)c2C)cc1. The van der Waals surface area contributed by atoms with E-state index < -0.39 is 0 Å². The molecule has 0 nitrogen and oxygen atoms in total. The number of rotatable bonds is 8. The van der Waals surface area contributed by atoms with Crippen molar-refractivity contribution in [2.75, 3.05) is 0 Å². The lowest BCUT2D eigenvalue weighted by atomic mass is 9.81. The molecule has 7 aromatic carbocycles. The van der Waals surface area contributed by atoms with E-state index in [0.717, 1.165) is 12.0 Å². The molecular weight excluding hydrogens is 693 g/mol. The van der Waals surface area contributed by atoms with E-state index in [-0.39, 0.29) is 5.41 Å². The predicted octanol–water partition coefficient (Wildman–Crippen LogP) is 16.0. The van der Waals surface area contributed by atoms with Crippen LogP contribution in [0.25, 0.3) is 81.4 Å². The molecule has 1 aliphatic carbocycles. The Kier molecular flexibility index (Phi) is 9.07. The summed E-state index contributed by atoms with van der Waals surface area (Å²) >= 11 is 1.93. The van der Waals surface area contributed by atoms with Crippen molar-refractivity contribution in [1.82, 2.24) is 0 Å². The molecule has 56 heavy (non-hydrogen) atoms. The van der Waals surface area contributed by atoms with Crippen molar-refractivity contribution < 1.29 is 0 Å². The Balaban J connectivity index is 1.25. The summed E-state index contributed by atoms with van der Waals surface area (Å²) in [6, 6.07) is 52.5. The molecule has 0 fully saturated rings. The average molecular weight is 739 g/mol. The molecule has 0 saturated carbocycles. The highest BCUT2D eigenvalue weighted by Gasteiger charge is 2.35. The van der Waals surface area contributed by atoms with Gasteiger partial charge in [0.05, 0.1) is 0 Å². The van der Waals surface area contributed by atoms with Crippen LogP contribution < -0.4 is 0 Å². The van der Waals surface area contributed by atoms with Gasteiger partial charge in [-0.05, 0) is 128 Å². The van der Waals surface area contributed by atoms with Gasteiger partial charge in [0.2, 0.25) is 0 Å². The maximum Gasteiger partial charge on any atom is 0.0437 e. The molecular formula is C55H46S. The number of fused-ring (bicyclic) bond motifs is 6. The summed E-state index contributed by atoms with van der Waals surface area (Å²) < 4.78 is 2.67. The van der Waals surface area contributed by atoms with Gasteiger partial charge >= 0.3 is 0 Å². The maximum absolute atomic E-state index is 3.96. The molecule has 0 amide bonds. The van der Waals surface area contributed by atoms with Gasteiger partial charge in [0, 0.05) is 31.2 Å². The van der Waals surface area contributed by atoms with Crippen molar-refractivity contribution in [1.29, 1.82) is 0 Å². The molecule has 8 aromatic rings. The van der Waals surface area contributed by atoms with E-state index in [1.54, 1.807) is 0 Å². The third-order valence-electron chi connectivity index (χ3n) is 12.0. The van der Waals surface area contributed by atoms with E-state index in [9.17, 15) is 0 Å². The fraction of sp³-hybridized carbons (Fsp3) is 0.127. The first-order valence-corrected chi connectivity index (χ1v) is 20.6. The van der Waals surface area contributed by atoms with Gasteiger partial charge in [0.25, 0.3) is 0 Å². The van der Waals surface area contributed by atoms with Crippen LogP contribution in [0.4, 0.5) is 0 Å². The standard InChI is InChI=1S/C55H46S/c1-7-15-37(16-8-2)39-21-23-40(24-22-39)47-34-49-48-32-42(43-26-29-46-45-19-13-14-20-50(45)55(5,6)51(46)33-43)27-30-52(48)56-54(49)53(35(47)4)44-28-25-41(31-36(44)9-3)38-17-11-10-12-18-38/h7-8,10-34H,1,9H2,2-6H3/b16-8-,37-15+. The lowest BCUT2D eigenvalue weighted by molar-refractivity contribution is 0.660. The quantitative estimate of drug-likeness (QED) is 0.136. The summed E-state index contributed by atoms with van der Waals surface area (Å²) in [4.78, 5) is 0. The summed E-state index contributed by atoms with van der Waals surface area (Å²) in [5.74, 6) is 0. The lowest BCUT2D eigenvalue weighted by Gasteiger charge is -2.22. The second-order valence-electron chi connectivity index (χ2n) is 15.6. The lowest BCUT2D eigenvalue weighted by Crippen LogP contribution is -2.14. The van der Waals surface area contributed by atoms with Gasteiger partial charge < -0.3 is 0 Å². The van der Waals surface area contributed by atoms with Crippen LogP contribution in [0.5, 0.6) is 0 Å². The zero-order chi connectivity index (χ0) is 38.6. The Labute approximate surface area is 335 Å². The Hall–Kier alpha value is -6.02. The van der Waals surface area contributed by atoms with Gasteiger partial charge in [-0.25, -0.2) is 0 Å². The van der Waals surface area contributed by atoms with Crippen molar-refractivity contribution in [3.63, 3.8) is 0 Å². The highest BCUT2D eigenvalue weighted by Crippen LogP contribution is 2.51. The molecule has 0 atom stereocenters. The molecule has 1 aliphatic rings. The molecule has 1 heterocycles. The second kappa shape index (κ2) is 14.2. The summed E-state index contributed by atoms with van der Waals surface area (Å²) in [6.45, 7) is 15.4. The smallest absolute Gasteiger partial charge is 0.0437 e. The third kappa shape index (κ3) is 5.90. The fourth-order valence-electron chi connectivity index (χ4n) is 9.03. The molecule has 272 valence electrons. The van der Waals surface area contributed by atoms with Gasteiger partial charge in [-0.3, -0.25) is 0 Å². The van der Waals surface area contributed by atoms with Gasteiger partial charge in [-0.1, -0.05) is 167 Å². The predicted molar refractivity (Wildman–Crippen MR) is 246 cm³/mol. The molecule has 0 N–H and O–H groups in total. The van der Waals surface area contributed by atoms with Gasteiger partial charge in [-0.15, -0.1) is 11.3 Å². The van der Waals surface area contributed by atoms with Crippen LogP contribution >= 0.6 is 11.3 Å². The molecule has 0 saturated heterocycles. The van der Waals surface area contributed by atoms with Crippen LogP contribution in [-0.2, 0) is 11.8 Å². The molecule has 0 bridgehead atoms. The van der Waals surface area contributed by atoms with E-state index in [1.165, 1.54) is 104 Å². The molecule has 1 heteroatoms. The first kappa shape index (κ1) is 35.7. The zero-order valence-electron chi connectivity index (χ0n) is 32.9. The van der Waals surface area contributed by atoms with Crippen LogP contribution in [0.3, 0.4) is 0 Å². The molecule has 0 unspecified atom stereocenters. The minimum atomic E-state index is -0.0416. The normalized spacial score (nSPS) is 13.4. The van der Waals surface area contributed by atoms with E-state index in [1.807, 2.05) is 17.4 Å². The van der Waals surface area contributed by atoms with Crippen LogP contribution in [0, 0.1) is 6.92 Å². The van der Waals surface area contributed by atoms with E-state index in [0.29, 0.717) is 0 Å². The Morgan fingerprint density at radius 1 is 0.625 bits per heavy atom. The Morgan fingerprint density at radius 2 is 1.29 bits per heavy atom.